The number of aromatic nitrogens is 2. The number of piperidine rings is 1. The van der Waals surface area contributed by atoms with Crippen molar-refractivity contribution in [1.29, 1.82) is 0 Å². The van der Waals surface area contributed by atoms with E-state index in [0.717, 1.165) is 21.7 Å². The van der Waals surface area contributed by atoms with Crippen LogP contribution in [0.1, 0.15) is 24.0 Å². The van der Waals surface area contributed by atoms with Gasteiger partial charge in [0.05, 0.1) is 5.75 Å². The molecule has 0 bridgehead atoms. The van der Waals surface area contributed by atoms with Gasteiger partial charge in [0.15, 0.2) is 5.16 Å². The number of nitrogens with one attached hydrogen (secondary N) is 1. The number of hydrogen-bond donors (Lipinski definition) is 1. The monoisotopic (exact) mass is 482 g/mol. The van der Waals surface area contributed by atoms with Crippen molar-refractivity contribution >= 4 is 33.4 Å². The highest BCUT2D eigenvalue weighted by Crippen LogP contribution is 2.29. The second kappa shape index (κ2) is 10.5. The largest absolute Gasteiger partial charge is 0.326 e. The lowest BCUT2D eigenvalue weighted by molar-refractivity contribution is -0.120. The van der Waals surface area contributed by atoms with E-state index in [1.54, 1.807) is 18.5 Å². The summed E-state index contributed by atoms with van der Waals surface area (Å²) in [6, 6.07) is 16.8. The number of carbonyl (C=O) groups is 1. The second-order valence-corrected chi connectivity index (χ2v) is 11.0. The van der Waals surface area contributed by atoms with E-state index in [4.69, 9.17) is 0 Å². The highest BCUT2D eigenvalue weighted by molar-refractivity contribution is 7.99. The van der Waals surface area contributed by atoms with Crippen LogP contribution in [-0.2, 0) is 20.6 Å². The Labute approximate surface area is 198 Å². The van der Waals surface area contributed by atoms with Crippen LogP contribution in [-0.4, -0.2) is 41.7 Å². The maximum Gasteiger partial charge on any atom is 0.227 e. The van der Waals surface area contributed by atoms with Crippen LogP contribution in [0.4, 0.5) is 5.69 Å². The summed E-state index contributed by atoms with van der Waals surface area (Å²) in [5, 5.41) is 3.69. The number of anilines is 1. The van der Waals surface area contributed by atoms with Gasteiger partial charge in [-0.2, -0.15) is 0 Å². The highest BCUT2D eigenvalue weighted by Gasteiger charge is 2.31. The van der Waals surface area contributed by atoms with Crippen molar-refractivity contribution in [1.82, 2.24) is 14.3 Å². The fraction of sp³-hybridized carbons (Fsp3) is 0.292. The molecule has 1 amide bonds. The summed E-state index contributed by atoms with van der Waals surface area (Å²) in [4.78, 5) is 22.3. The molecule has 0 radical (unpaired) electrons. The SMILES string of the molecule is Cc1cc(Sc2ncccn2)ccc1NC(=O)C1CCN(S(=O)(=O)Cc2ccccc2)CC1. The summed E-state index contributed by atoms with van der Waals surface area (Å²) in [6.45, 7) is 2.67. The maximum atomic E-state index is 12.8. The molecule has 7 nitrogen and oxygen atoms in total. The predicted octanol–water partition coefficient (Wildman–Crippen LogP) is 4.12. The Morgan fingerprint density at radius 3 is 2.42 bits per heavy atom. The third-order valence-corrected chi connectivity index (χ3v) is 8.35. The third kappa shape index (κ3) is 6.19. The zero-order valence-electron chi connectivity index (χ0n) is 18.3. The van der Waals surface area contributed by atoms with Crippen molar-refractivity contribution in [3.63, 3.8) is 0 Å². The van der Waals surface area contributed by atoms with Crippen LogP contribution < -0.4 is 5.32 Å². The average Bonchev–Trinajstić information content (AvgIpc) is 2.82. The van der Waals surface area contributed by atoms with E-state index in [-0.39, 0.29) is 17.6 Å². The molecule has 2 heterocycles. The minimum atomic E-state index is -3.39. The Hall–Kier alpha value is -2.75. The summed E-state index contributed by atoms with van der Waals surface area (Å²) < 4.78 is 27.0. The minimum absolute atomic E-state index is 0.0116. The molecular weight excluding hydrogens is 456 g/mol. The molecule has 1 saturated heterocycles. The van der Waals surface area contributed by atoms with E-state index in [1.165, 1.54) is 16.1 Å². The molecule has 0 unspecified atom stereocenters. The van der Waals surface area contributed by atoms with Gasteiger partial charge in [0.25, 0.3) is 0 Å². The summed E-state index contributed by atoms with van der Waals surface area (Å²) in [5.41, 5.74) is 2.48. The first kappa shape index (κ1) is 23.4. The van der Waals surface area contributed by atoms with Gasteiger partial charge in [-0.1, -0.05) is 30.3 Å². The van der Waals surface area contributed by atoms with E-state index >= 15 is 0 Å². The summed E-state index contributed by atoms with van der Waals surface area (Å²) in [7, 11) is -3.39. The first-order chi connectivity index (χ1) is 15.9. The molecule has 0 spiro atoms. The summed E-state index contributed by atoms with van der Waals surface area (Å²) in [6.07, 6.45) is 4.43. The Bertz CT molecular complexity index is 1200. The van der Waals surface area contributed by atoms with Crippen molar-refractivity contribution in [2.45, 2.75) is 35.6 Å². The first-order valence-electron chi connectivity index (χ1n) is 10.8. The number of sulfonamides is 1. The number of carbonyl (C=O) groups excluding carboxylic acids is 1. The molecule has 0 atom stereocenters. The number of amides is 1. The van der Waals surface area contributed by atoms with E-state index < -0.39 is 10.0 Å². The molecule has 1 aliphatic rings. The lowest BCUT2D eigenvalue weighted by Gasteiger charge is -2.30. The lowest BCUT2D eigenvalue weighted by Crippen LogP contribution is -2.41. The molecule has 1 N–H and O–H groups in total. The Balaban J connectivity index is 1.32. The van der Waals surface area contributed by atoms with Crippen molar-refractivity contribution in [2.24, 2.45) is 5.92 Å². The number of nitrogens with zero attached hydrogens (tertiary/aromatic N) is 3. The average molecular weight is 483 g/mol. The van der Waals surface area contributed by atoms with Crippen LogP contribution in [0.25, 0.3) is 0 Å². The molecule has 1 aromatic heterocycles. The molecular formula is C24H26N4O3S2. The molecule has 4 rings (SSSR count). The van der Waals surface area contributed by atoms with Gasteiger partial charge in [-0.25, -0.2) is 22.7 Å². The zero-order valence-corrected chi connectivity index (χ0v) is 20.0. The van der Waals surface area contributed by atoms with Crippen LogP contribution in [0.2, 0.25) is 0 Å². The topological polar surface area (TPSA) is 92.3 Å². The van der Waals surface area contributed by atoms with Gasteiger partial charge in [0.2, 0.25) is 15.9 Å². The standard InChI is InChI=1S/C24H26N4O3S2/c1-18-16-21(32-24-25-12-5-13-26-24)8-9-22(18)27-23(29)20-10-14-28(15-11-20)33(30,31)17-19-6-3-2-4-7-19/h2-9,12-13,16,20H,10-11,14-15,17H2,1H3,(H,27,29). The highest BCUT2D eigenvalue weighted by atomic mass is 32.2. The fourth-order valence-corrected chi connectivity index (χ4v) is 6.16. The fourth-order valence-electron chi connectivity index (χ4n) is 3.79. The van der Waals surface area contributed by atoms with Crippen molar-refractivity contribution < 1.29 is 13.2 Å². The van der Waals surface area contributed by atoms with Gasteiger partial charge in [-0.05, 0) is 66.9 Å². The molecule has 9 heteroatoms. The first-order valence-corrected chi connectivity index (χ1v) is 13.2. The van der Waals surface area contributed by atoms with E-state index in [9.17, 15) is 13.2 Å². The lowest BCUT2D eigenvalue weighted by atomic mass is 9.97. The summed E-state index contributed by atoms with van der Waals surface area (Å²) >= 11 is 1.46. The van der Waals surface area contributed by atoms with Gasteiger partial charge >= 0.3 is 0 Å². The van der Waals surface area contributed by atoms with Crippen LogP contribution in [0.15, 0.2) is 77.0 Å². The van der Waals surface area contributed by atoms with E-state index in [2.05, 4.69) is 15.3 Å². The zero-order chi connectivity index (χ0) is 23.3. The molecule has 172 valence electrons. The van der Waals surface area contributed by atoms with Crippen LogP contribution in [0.3, 0.4) is 0 Å². The third-order valence-electron chi connectivity index (χ3n) is 5.62. The van der Waals surface area contributed by atoms with Gasteiger partial charge in [0.1, 0.15) is 0 Å². The Kier molecular flexibility index (Phi) is 7.42. The van der Waals surface area contributed by atoms with Gasteiger partial charge in [-0.3, -0.25) is 4.79 Å². The van der Waals surface area contributed by atoms with Crippen molar-refractivity contribution in [3.05, 3.63) is 78.1 Å². The summed E-state index contributed by atoms with van der Waals surface area (Å²) in [5.74, 6) is -0.285. The maximum absolute atomic E-state index is 12.8. The smallest absolute Gasteiger partial charge is 0.227 e. The number of benzene rings is 2. The molecule has 0 aliphatic carbocycles. The molecule has 3 aromatic rings. The number of hydrogen-bond acceptors (Lipinski definition) is 6. The molecule has 1 fully saturated rings. The van der Waals surface area contributed by atoms with E-state index in [1.807, 2.05) is 55.5 Å². The minimum Gasteiger partial charge on any atom is -0.326 e. The van der Waals surface area contributed by atoms with E-state index in [0.29, 0.717) is 31.1 Å². The van der Waals surface area contributed by atoms with Crippen molar-refractivity contribution in [2.75, 3.05) is 18.4 Å². The number of aryl methyl sites for hydroxylation is 1. The van der Waals surface area contributed by atoms with Crippen LogP contribution in [0.5, 0.6) is 0 Å². The second-order valence-electron chi connectivity index (χ2n) is 8.01. The van der Waals surface area contributed by atoms with Gasteiger partial charge in [0, 0.05) is 42.0 Å². The van der Waals surface area contributed by atoms with Gasteiger partial charge < -0.3 is 5.32 Å². The van der Waals surface area contributed by atoms with Crippen LogP contribution >= 0.6 is 11.8 Å². The molecule has 33 heavy (non-hydrogen) atoms. The Morgan fingerprint density at radius 2 is 1.76 bits per heavy atom. The predicted molar refractivity (Wildman–Crippen MR) is 129 cm³/mol. The Morgan fingerprint density at radius 1 is 1.06 bits per heavy atom. The van der Waals surface area contributed by atoms with Crippen molar-refractivity contribution in [3.8, 4) is 0 Å². The quantitative estimate of drug-likeness (QED) is 0.510. The normalized spacial score (nSPS) is 15.3. The molecule has 1 aliphatic heterocycles. The molecule has 2 aromatic carbocycles. The van der Waals surface area contributed by atoms with Gasteiger partial charge in [-0.15, -0.1) is 0 Å². The number of rotatable bonds is 7. The molecule has 0 saturated carbocycles. The van der Waals surface area contributed by atoms with Crippen LogP contribution in [0, 0.1) is 12.8 Å².